The maximum Gasteiger partial charge on any atom is 0.326 e. The van der Waals surface area contributed by atoms with Gasteiger partial charge in [0.15, 0.2) is 0 Å². The number of carboxylic acid groups (broad SMARTS) is 1. The lowest BCUT2D eigenvalue weighted by Crippen LogP contribution is -2.42. The maximum atomic E-state index is 11.6. The number of ether oxygens (including phenoxy) is 2. The lowest BCUT2D eigenvalue weighted by atomic mass is 10.1. The van der Waals surface area contributed by atoms with Gasteiger partial charge in [-0.3, -0.25) is 9.59 Å². The highest BCUT2D eigenvalue weighted by Crippen LogP contribution is 2.01. The Morgan fingerprint density at radius 1 is 1.00 bits per heavy atom. The standard InChI is InChI=1S/C14H28N4O6/c15-4-6-23-7-8-24-10-13(20)18-11(14(21)22)3-1-2-5-17-12(19)9-16/h11H,1-10,15-16H2,(H,17,19)(H,18,20)(H,21,22). The van der Waals surface area contributed by atoms with Gasteiger partial charge in [0.2, 0.25) is 11.8 Å². The van der Waals surface area contributed by atoms with Crippen molar-refractivity contribution in [2.75, 3.05) is 46.1 Å². The zero-order chi connectivity index (χ0) is 18.2. The van der Waals surface area contributed by atoms with Crippen molar-refractivity contribution in [1.29, 1.82) is 0 Å². The van der Waals surface area contributed by atoms with Gasteiger partial charge in [-0.2, -0.15) is 0 Å². The second-order valence-electron chi connectivity index (χ2n) is 4.96. The van der Waals surface area contributed by atoms with E-state index in [0.717, 1.165) is 0 Å². The number of nitrogens with one attached hydrogen (secondary N) is 2. The number of carboxylic acids is 1. The molecule has 0 saturated carbocycles. The third-order valence-electron chi connectivity index (χ3n) is 2.93. The topological polar surface area (TPSA) is 166 Å². The highest BCUT2D eigenvalue weighted by molar-refractivity contribution is 5.84. The first-order chi connectivity index (χ1) is 11.5. The summed E-state index contributed by atoms with van der Waals surface area (Å²) < 4.78 is 10.1. The first-order valence-electron chi connectivity index (χ1n) is 7.85. The summed E-state index contributed by atoms with van der Waals surface area (Å²) in [6, 6.07) is -0.986. The van der Waals surface area contributed by atoms with Crippen LogP contribution in [0.4, 0.5) is 0 Å². The molecular weight excluding hydrogens is 320 g/mol. The van der Waals surface area contributed by atoms with Crippen molar-refractivity contribution in [2.24, 2.45) is 11.5 Å². The van der Waals surface area contributed by atoms with Gasteiger partial charge in [-0.25, -0.2) is 4.79 Å². The predicted octanol–water partition coefficient (Wildman–Crippen LogP) is -2.21. The summed E-state index contributed by atoms with van der Waals surface area (Å²) in [5.74, 6) is -1.87. The Bertz CT molecular complexity index is 380. The fourth-order valence-corrected chi connectivity index (χ4v) is 1.73. The number of hydrogen-bond donors (Lipinski definition) is 5. The second kappa shape index (κ2) is 14.8. The molecular formula is C14H28N4O6. The number of amides is 2. The van der Waals surface area contributed by atoms with E-state index in [2.05, 4.69) is 10.6 Å². The van der Waals surface area contributed by atoms with Gasteiger partial charge in [-0.05, 0) is 19.3 Å². The van der Waals surface area contributed by atoms with E-state index in [1.54, 1.807) is 0 Å². The van der Waals surface area contributed by atoms with Crippen molar-refractivity contribution in [2.45, 2.75) is 25.3 Å². The molecule has 0 aromatic heterocycles. The average molecular weight is 348 g/mol. The molecule has 0 saturated heterocycles. The van der Waals surface area contributed by atoms with E-state index in [9.17, 15) is 14.4 Å². The van der Waals surface area contributed by atoms with Crippen molar-refractivity contribution >= 4 is 17.8 Å². The largest absolute Gasteiger partial charge is 0.480 e. The molecule has 0 aliphatic rings. The van der Waals surface area contributed by atoms with Crippen LogP contribution in [0.1, 0.15) is 19.3 Å². The molecule has 140 valence electrons. The molecule has 0 rings (SSSR count). The van der Waals surface area contributed by atoms with Gasteiger partial charge in [0.05, 0.1) is 26.4 Å². The smallest absolute Gasteiger partial charge is 0.326 e. The summed E-state index contributed by atoms with van der Waals surface area (Å²) >= 11 is 0. The van der Waals surface area contributed by atoms with Gasteiger partial charge >= 0.3 is 5.97 Å². The third-order valence-corrected chi connectivity index (χ3v) is 2.93. The number of hydrogen-bond acceptors (Lipinski definition) is 7. The van der Waals surface area contributed by atoms with Crippen LogP contribution in [0.2, 0.25) is 0 Å². The minimum absolute atomic E-state index is 0.0783. The fourth-order valence-electron chi connectivity index (χ4n) is 1.73. The van der Waals surface area contributed by atoms with Crippen molar-refractivity contribution < 1.29 is 29.0 Å². The van der Waals surface area contributed by atoms with Crippen LogP contribution in [0.5, 0.6) is 0 Å². The SMILES string of the molecule is NCCOCCOCC(=O)NC(CCCCNC(=O)CN)C(=O)O. The van der Waals surface area contributed by atoms with Gasteiger partial charge in [-0.15, -0.1) is 0 Å². The zero-order valence-corrected chi connectivity index (χ0v) is 13.8. The van der Waals surface area contributed by atoms with E-state index >= 15 is 0 Å². The molecule has 2 amide bonds. The summed E-state index contributed by atoms with van der Waals surface area (Å²) in [5.41, 5.74) is 10.4. The van der Waals surface area contributed by atoms with Crippen molar-refractivity contribution in [3.63, 3.8) is 0 Å². The molecule has 0 spiro atoms. The molecule has 0 aliphatic carbocycles. The van der Waals surface area contributed by atoms with E-state index in [0.29, 0.717) is 39.1 Å². The number of rotatable bonds is 15. The Hall–Kier alpha value is -1.75. The van der Waals surface area contributed by atoms with Crippen molar-refractivity contribution in [1.82, 2.24) is 10.6 Å². The molecule has 0 fully saturated rings. The van der Waals surface area contributed by atoms with Crippen LogP contribution in [0, 0.1) is 0 Å². The molecule has 0 aromatic rings. The minimum Gasteiger partial charge on any atom is -0.480 e. The van der Waals surface area contributed by atoms with E-state index in [4.69, 9.17) is 26.0 Å². The normalized spacial score (nSPS) is 11.8. The van der Waals surface area contributed by atoms with Crippen LogP contribution in [0.25, 0.3) is 0 Å². The van der Waals surface area contributed by atoms with E-state index < -0.39 is 17.9 Å². The highest BCUT2D eigenvalue weighted by atomic mass is 16.5. The number of carbonyl (C=O) groups excluding carboxylic acids is 2. The van der Waals surface area contributed by atoms with Crippen LogP contribution in [0.15, 0.2) is 0 Å². The molecule has 0 aliphatic heterocycles. The Labute approximate surface area is 141 Å². The second-order valence-corrected chi connectivity index (χ2v) is 4.96. The molecule has 10 nitrogen and oxygen atoms in total. The van der Waals surface area contributed by atoms with Crippen LogP contribution in [0.3, 0.4) is 0 Å². The predicted molar refractivity (Wildman–Crippen MR) is 86.2 cm³/mol. The summed E-state index contributed by atoms with van der Waals surface area (Å²) in [6.45, 7) is 1.49. The first kappa shape index (κ1) is 22.2. The van der Waals surface area contributed by atoms with E-state index in [-0.39, 0.29) is 32.1 Å². The van der Waals surface area contributed by atoms with Crippen LogP contribution < -0.4 is 22.1 Å². The molecule has 0 heterocycles. The van der Waals surface area contributed by atoms with Gasteiger partial charge in [0, 0.05) is 13.1 Å². The van der Waals surface area contributed by atoms with E-state index in [1.165, 1.54) is 0 Å². The van der Waals surface area contributed by atoms with Gasteiger partial charge in [0.25, 0.3) is 0 Å². The maximum absolute atomic E-state index is 11.6. The fraction of sp³-hybridized carbons (Fsp3) is 0.786. The number of carbonyl (C=O) groups is 3. The summed E-state index contributed by atoms with van der Waals surface area (Å²) in [7, 11) is 0. The van der Waals surface area contributed by atoms with Gasteiger partial charge < -0.3 is 36.7 Å². The summed E-state index contributed by atoms with van der Waals surface area (Å²) in [5, 5.41) is 14.1. The quantitative estimate of drug-likeness (QED) is 0.208. The van der Waals surface area contributed by atoms with Crippen LogP contribution in [-0.4, -0.2) is 75.0 Å². The lowest BCUT2D eigenvalue weighted by molar-refractivity contribution is -0.142. The number of nitrogens with two attached hydrogens (primary N) is 2. The minimum atomic E-state index is -1.11. The average Bonchev–Trinajstić information content (AvgIpc) is 2.56. The van der Waals surface area contributed by atoms with Crippen molar-refractivity contribution in [3.05, 3.63) is 0 Å². The Balaban J connectivity index is 3.83. The number of unbranched alkanes of at least 4 members (excludes halogenated alkanes) is 1. The molecule has 24 heavy (non-hydrogen) atoms. The van der Waals surface area contributed by atoms with Gasteiger partial charge in [-0.1, -0.05) is 0 Å². The monoisotopic (exact) mass is 348 g/mol. The summed E-state index contributed by atoms with van der Waals surface area (Å²) in [4.78, 5) is 33.7. The zero-order valence-electron chi connectivity index (χ0n) is 13.8. The Kier molecular flexibility index (Phi) is 13.7. The highest BCUT2D eigenvalue weighted by Gasteiger charge is 2.19. The number of aliphatic carboxylic acids is 1. The first-order valence-corrected chi connectivity index (χ1v) is 7.85. The lowest BCUT2D eigenvalue weighted by Gasteiger charge is -2.14. The van der Waals surface area contributed by atoms with Crippen molar-refractivity contribution in [3.8, 4) is 0 Å². The summed E-state index contributed by atoms with van der Waals surface area (Å²) in [6.07, 6.45) is 1.40. The Morgan fingerprint density at radius 2 is 1.71 bits per heavy atom. The van der Waals surface area contributed by atoms with Crippen LogP contribution in [-0.2, 0) is 23.9 Å². The Morgan fingerprint density at radius 3 is 2.33 bits per heavy atom. The molecule has 10 heteroatoms. The van der Waals surface area contributed by atoms with Crippen LogP contribution >= 0.6 is 0 Å². The molecule has 0 aromatic carbocycles. The van der Waals surface area contributed by atoms with E-state index in [1.807, 2.05) is 0 Å². The van der Waals surface area contributed by atoms with Gasteiger partial charge in [0.1, 0.15) is 12.6 Å². The molecule has 0 radical (unpaired) electrons. The third kappa shape index (κ3) is 12.8. The molecule has 1 atom stereocenters. The molecule has 7 N–H and O–H groups in total. The molecule has 0 bridgehead atoms. The molecule has 1 unspecified atom stereocenters.